The summed E-state index contributed by atoms with van der Waals surface area (Å²) in [6, 6.07) is 0. The Bertz CT molecular complexity index is 505. The molecule has 2 heterocycles. The van der Waals surface area contributed by atoms with Crippen LogP contribution in [0.5, 0.6) is 5.88 Å². The largest absolute Gasteiger partial charge is 0.481 e. The van der Waals surface area contributed by atoms with Crippen LogP contribution >= 0.6 is 0 Å². The molecule has 0 saturated carbocycles. The Morgan fingerprint density at radius 3 is 2.65 bits per heavy atom. The lowest BCUT2D eigenvalue weighted by molar-refractivity contribution is 0.390. The van der Waals surface area contributed by atoms with E-state index in [0.717, 1.165) is 37.3 Å². The molecule has 2 rings (SSSR count). The predicted octanol–water partition coefficient (Wildman–Crippen LogP) is 2.64. The Kier molecular flexibility index (Phi) is 3.61. The summed E-state index contributed by atoms with van der Waals surface area (Å²) in [5.74, 6) is 1.46. The summed E-state index contributed by atoms with van der Waals surface area (Å²) in [5, 5.41) is 0. The van der Waals surface area contributed by atoms with E-state index in [2.05, 4.69) is 28.2 Å². The van der Waals surface area contributed by atoms with Gasteiger partial charge in [-0.3, -0.25) is 4.40 Å². The van der Waals surface area contributed by atoms with E-state index in [0.29, 0.717) is 0 Å². The number of fused-ring (bicyclic) bond motifs is 1. The topological polar surface area (TPSA) is 39.4 Å². The van der Waals surface area contributed by atoms with Crippen molar-refractivity contribution in [3.63, 3.8) is 0 Å². The first-order valence-electron chi connectivity index (χ1n) is 6.20. The number of ether oxygens (including phenoxy) is 1. The van der Waals surface area contributed by atoms with Crippen LogP contribution in [0.4, 0.5) is 0 Å². The van der Waals surface area contributed by atoms with Crippen molar-refractivity contribution in [2.75, 3.05) is 7.11 Å². The zero-order chi connectivity index (χ0) is 12.3. The molecule has 0 aliphatic carbocycles. The first-order valence-corrected chi connectivity index (χ1v) is 6.20. The lowest BCUT2D eigenvalue weighted by Crippen LogP contribution is -2.07. The molecule has 0 unspecified atom stereocenters. The fourth-order valence-electron chi connectivity index (χ4n) is 2.19. The van der Waals surface area contributed by atoms with E-state index in [1.165, 1.54) is 11.3 Å². The number of rotatable bonds is 5. The lowest BCUT2D eigenvalue weighted by Gasteiger charge is -2.14. The summed E-state index contributed by atoms with van der Waals surface area (Å²) in [7, 11) is 1.68. The number of nitrogens with zero attached hydrogens (tertiary/aromatic N) is 3. The summed E-state index contributed by atoms with van der Waals surface area (Å²) in [5.41, 5.74) is 2.51. The highest BCUT2D eigenvalue weighted by Gasteiger charge is 2.14. The van der Waals surface area contributed by atoms with E-state index >= 15 is 0 Å². The van der Waals surface area contributed by atoms with Gasteiger partial charge >= 0.3 is 0 Å². The van der Waals surface area contributed by atoms with Crippen molar-refractivity contribution >= 4 is 5.78 Å². The number of methoxy groups -OCH3 is 1. The van der Waals surface area contributed by atoms with Crippen molar-refractivity contribution in [1.82, 2.24) is 14.4 Å². The fraction of sp³-hybridized carbons (Fsp3) is 0.538. The molecule has 4 heteroatoms. The Hall–Kier alpha value is -1.58. The molecule has 0 aliphatic rings. The SMILES string of the molecule is CCCc1c(OC)nc2nccn2c1CCC. The highest BCUT2D eigenvalue weighted by Crippen LogP contribution is 2.24. The van der Waals surface area contributed by atoms with E-state index < -0.39 is 0 Å². The van der Waals surface area contributed by atoms with Crippen LogP contribution in [0.3, 0.4) is 0 Å². The van der Waals surface area contributed by atoms with Crippen LogP contribution < -0.4 is 4.74 Å². The van der Waals surface area contributed by atoms with Gasteiger partial charge in [0.1, 0.15) is 0 Å². The van der Waals surface area contributed by atoms with Gasteiger partial charge in [0.2, 0.25) is 11.7 Å². The molecule has 17 heavy (non-hydrogen) atoms. The summed E-state index contributed by atoms with van der Waals surface area (Å²) < 4.78 is 7.48. The molecule has 0 saturated heterocycles. The van der Waals surface area contributed by atoms with Gasteiger partial charge in [0.05, 0.1) is 7.11 Å². The van der Waals surface area contributed by atoms with Crippen LogP contribution in [0.25, 0.3) is 5.78 Å². The zero-order valence-corrected chi connectivity index (χ0v) is 10.7. The summed E-state index contributed by atoms with van der Waals surface area (Å²) >= 11 is 0. The molecule has 92 valence electrons. The molecule has 2 aromatic heterocycles. The number of aromatic nitrogens is 3. The molecule has 0 radical (unpaired) electrons. The minimum absolute atomic E-state index is 0.727. The maximum Gasteiger partial charge on any atom is 0.237 e. The summed E-state index contributed by atoms with van der Waals surface area (Å²) in [6.45, 7) is 4.36. The van der Waals surface area contributed by atoms with Gasteiger partial charge in [-0.25, -0.2) is 4.98 Å². The third kappa shape index (κ3) is 2.12. The molecular weight excluding hydrogens is 214 g/mol. The molecule has 0 aliphatic heterocycles. The molecule has 0 atom stereocenters. The predicted molar refractivity (Wildman–Crippen MR) is 67.5 cm³/mol. The molecule has 0 spiro atoms. The molecule has 2 aromatic rings. The zero-order valence-electron chi connectivity index (χ0n) is 10.7. The van der Waals surface area contributed by atoms with Crippen LogP contribution in [-0.4, -0.2) is 21.5 Å². The molecule has 0 bridgehead atoms. The first-order chi connectivity index (χ1) is 8.31. The minimum atomic E-state index is 0.727. The van der Waals surface area contributed by atoms with Gasteiger partial charge in [-0.2, -0.15) is 4.98 Å². The summed E-state index contributed by atoms with van der Waals surface area (Å²) in [4.78, 5) is 8.69. The van der Waals surface area contributed by atoms with Crippen LogP contribution in [0, 0.1) is 0 Å². The third-order valence-corrected chi connectivity index (χ3v) is 2.90. The third-order valence-electron chi connectivity index (χ3n) is 2.90. The van der Waals surface area contributed by atoms with Gasteiger partial charge < -0.3 is 4.74 Å². The molecule has 4 nitrogen and oxygen atoms in total. The minimum Gasteiger partial charge on any atom is -0.481 e. The standard InChI is InChI=1S/C13H19N3O/c1-4-6-10-11(7-5-2)16-9-8-14-13(16)15-12(10)17-3/h8-9H,4-7H2,1-3H3. The number of hydrogen-bond donors (Lipinski definition) is 0. The number of imidazole rings is 1. The Morgan fingerprint density at radius 2 is 2.00 bits per heavy atom. The van der Waals surface area contributed by atoms with Crippen LogP contribution in [-0.2, 0) is 12.8 Å². The second-order valence-corrected chi connectivity index (χ2v) is 4.14. The Balaban J connectivity index is 2.65. The van der Waals surface area contributed by atoms with Crippen LogP contribution in [0.15, 0.2) is 12.4 Å². The summed E-state index contributed by atoms with van der Waals surface area (Å²) in [6.07, 6.45) is 8.00. The van der Waals surface area contributed by atoms with E-state index in [4.69, 9.17) is 4.74 Å². The van der Waals surface area contributed by atoms with E-state index in [1.807, 2.05) is 6.20 Å². The monoisotopic (exact) mass is 233 g/mol. The van der Waals surface area contributed by atoms with Crippen LogP contribution in [0.1, 0.15) is 37.9 Å². The highest BCUT2D eigenvalue weighted by atomic mass is 16.5. The second kappa shape index (κ2) is 5.17. The molecule has 0 aromatic carbocycles. The van der Waals surface area contributed by atoms with Gasteiger partial charge in [0.25, 0.3) is 0 Å². The molecule has 0 amide bonds. The van der Waals surface area contributed by atoms with Crippen molar-refractivity contribution in [2.45, 2.75) is 39.5 Å². The van der Waals surface area contributed by atoms with Gasteiger partial charge in [-0.15, -0.1) is 0 Å². The maximum absolute atomic E-state index is 5.40. The van der Waals surface area contributed by atoms with Crippen molar-refractivity contribution in [3.8, 4) is 5.88 Å². The van der Waals surface area contributed by atoms with Gasteiger partial charge in [-0.1, -0.05) is 26.7 Å². The van der Waals surface area contributed by atoms with Crippen LogP contribution in [0.2, 0.25) is 0 Å². The normalized spacial score (nSPS) is 11.0. The molecular formula is C13H19N3O. The molecule has 0 N–H and O–H groups in total. The van der Waals surface area contributed by atoms with Gasteiger partial charge in [-0.05, 0) is 12.8 Å². The number of hydrogen-bond acceptors (Lipinski definition) is 3. The quantitative estimate of drug-likeness (QED) is 0.797. The van der Waals surface area contributed by atoms with Crippen molar-refractivity contribution in [3.05, 3.63) is 23.7 Å². The average Bonchev–Trinajstić information content (AvgIpc) is 2.79. The van der Waals surface area contributed by atoms with Gasteiger partial charge in [0.15, 0.2) is 0 Å². The number of aryl methyl sites for hydroxylation is 1. The van der Waals surface area contributed by atoms with Crippen molar-refractivity contribution in [2.24, 2.45) is 0 Å². The van der Waals surface area contributed by atoms with Gasteiger partial charge in [0, 0.05) is 23.7 Å². The first kappa shape index (κ1) is 11.9. The Morgan fingerprint density at radius 1 is 1.24 bits per heavy atom. The average molecular weight is 233 g/mol. The van der Waals surface area contributed by atoms with E-state index in [1.54, 1.807) is 13.3 Å². The van der Waals surface area contributed by atoms with E-state index in [9.17, 15) is 0 Å². The van der Waals surface area contributed by atoms with E-state index in [-0.39, 0.29) is 0 Å². The second-order valence-electron chi connectivity index (χ2n) is 4.14. The maximum atomic E-state index is 5.40. The van der Waals surface area contributed by atoms with Crippen molar-refractivity contribution < 1.29 is 4.74 Å². The fourth-order valence-corrected chi connectivity index (χ4v) is 2.19. The van der Waals surface area contributed by atoms with Crippen molar-refractivity contribution in [1.29, 1.82) is 0 Å². The highest BCUT2D eigenvalue weighted by molar-refractivity contribution is 5.42. The molecule has 0 fully saturated rings. The smallest absolute Gasteiger partial charge is 0.237 e. The lowest BCUT2D eigenvalue weighted by atomic mass is 10.1. The Labute approximate surface area is 102 Å².